The molecule has 0 spiro atoms. The van der Waals surface area contributed by atoms with E-state index in [0.717, 1.165) is 5.41 Å². The van der Waals surface area contributed by atoms with Crippen molar-refractivity contribution in [3.63, 3.8) is 0 Å². The van der Waals surface area contributed by atoms with Gasteiger partial charge >= 0.3 is 12.0 Å². The second-order valence-corrected chi connectivity index (χ2v) is 9.23. The summed E-state index contributed by atoms with van der Waals surface area (Å²) in [5.41, 5.74) is 0.377. The molecule has 9 nitrogen and oxygen atoms in total. The van der Waals surface area contributed by atoms with Crippen molar-refractivity contribution in [2.45, 2.75) is 17.9 Å². The van der Waals surface area contributed by atoms with E-state index in [0.29, 0.717) is 22.1 Å². The van der Waals surface area contributed by atoms with E-state index >= 15 is 0 Å². The predicted molar refractivity (Wildman–Crippen MR) is 121 cm³/mol. The molecule has 0 unspecified atom stereocenters. The van der Waals surface area contributed by atoms with Crippen LogP contribution in [-0.4, -0.2) is 41.2 Å². The number of benzene rings is 2. The second-order valence-electron chi connectivity index (χ2n) is 6.99. The summed E-state index contributed by atoms with van der Waals surface area (Å²) >= 11 is 5.85. The molecule has 176 valence electrons. The van der Waals surface area contributed by atoms with Gasteiger partial charge in [0.2, 0.25) is 9.84 Å². The molecular formula is C22H23ClN2O7S. The fourth-order valence-electron chi connectivity index (χ4n) is 3.43. The Kier molecular flexibility index (Phi) is 7.50. The summed E-state index contributed by atoms with van der Waals surface area (Å²) < 4.78 is 41.7. The van der Waals surface area contributed by atoms with Crippen LogP contribution in [0.2, 0.25) is 5.02 Å². The van der Waals surface area contributed by atoms with Gasteiger partial charge in [-0.05, 0) is 48.9 Å². The zero-order valence-corrected chi connectivity index (χ0v) is 19.7. The molecule has 0 aromatic heterocycles. The maximum Gasteiger partial charge on any atom is 0.319 e. The lowest BCUT2D eigenvalue weighted by Crippen LogP contribution is -2.51. The number of carbonyl (C=O) groups is 2. The molecule has 2 amide bonds. The van der Waals surface area contributed by atoms with E-state index in [9.17, 15) is 18.0 Å². The summed E-state index contributed by atoms with van der Waals surface area (Å²) in [4.78, 5) is 25.3. The Morgan fingerprint density at radius 2 is 1.76 bits per heavy atom. The quantitative estimate of drug-likeness (QED) is 0.567. The Labute approximate surface area is 196 Å². The first-order valence-electron chi connectivity index (χ1n) is 9.88. The second kappa shape index (κ2) is 10.1. The summed E-state index contributed by atoms with van der Waals surface area (Å²) in [7, 11) is -1.09. The zero-order chi connectivity index (χ0) is 24.2. The summed E-state index contributed by atoms with van der Waals surface area (Å²) in [6, 6.07) is 8.82. The maximum absolute atomic E-state index is 13.0. The van der Waals surface area contributed by atoms with Crippen LogP contribution in [0, 0.1) is 5.92 Å². The molecule has 11 heteroatoms. The molecule has 2 atom stereocenters. The standard InChI is InChI=1S/C22H23ClN2O7S/c1-4-32-21(26)19-16(12-33(28,29)15-8-6-14(23)7-9-15)24-22(27)25-20(19)13-5-10-17(30-2)18(11-13)31-3/h5-12,19-20H,4H2,1-3H3,(H2,24,25,27)/b16-12+/t19-,20+/m1/s1. The molecule has 0 bridgehead atoms. The first kappa shape index (κ1) is 24.4. The van der Waals surface area contributed by atoms with E-state index < -0.39 is 33.8 Å². The fraction of sp³-hybridized carbons (Fsp3) is 0.273. The molecule has 0 radical (unpaired) electrons. The summed E-state index contributed by atoms with van der Waals surface area (Å²) in [6.07, 6.45) is 0. The molecule has 2 aromatic carbocycles. The Morgan fingerprint density at radius 3 is 2.36 bits per heavy atom. The molecule has 2 N–H and O–H groups in total. The number of hydrogen-bond acceptors (Lipinski definition) is 7. The van der Waals surface area contributed by atoms with Gasteiger partial charge in [-0.2, -0.15) is 0 Å². The van der Waals surface area contributed by atoms with Crippen LogP contribution in [0.15, 0.2) is 58.5 Å². The highest BCUT2D eigenvalue weighted by atomic mass is 35.5. The van der Waals surface area contributed by atoms with Crippen molar-refractivity contribution in [3.8, 4) is 11.5 Å². The number of amides is 2. The number of nitrogens with one attached hydrogen (secondary N) is 2. The first-order chi connectivity index (χ1) is 15.7. The van der Waals surface area contributed by atoms with E-state index in [2.05, 4.69) is 10.6 Å². The van der Waals surface area contributed by atoms with Gasteiger partial charge in [0.25, 0.3) is 0 Å². The van der Waals surface area contributed by atoms with E-state index in [1.165, 1.54) is 38.5 Å². The van der Waals surface area contributed by atoms with Gasteiger partial charge in [0.05, 0.1) is 37.2 Å². The third-order valence-electron chi connectivity index (χ3n) is 4.94. The number of halogens is 1. The number of hydrogen-bond donors (Lipinski definition) is 2. The average molecular weight is 495 g/mol. The maximum atomic E-state index is 13.0. The van der Waals surface area contributed by atoms with Gasteiger partial charge in [-0.15, -0.1) is 0 Å². The van der Waals surface area contributed by atoms with Crippen molar-refractivity contribution in [2.24, 2.45) is 5.92 Å². The van der Waals surface area contributed by atoms with E-state index in [4.69, 9.17) is 25.8 Å². The SMILES string of the molecule is CCOC(=O)[C@@H]1/C(=C\S(=O)(=O)c2ccc(Cl)cc2)NC(=O)N[C@H]1c1ccc(OC)c(OC)c1. The fourth-order valence-corrected chi connectivity index (χ4v) is 4.75. The molecule has 0 saturated carbocycles. The monoisotopic (exact) mass is 494 g/mol. The lowest BCUT2D eigenvalue weighted by atomic mass is 9.89. The number of methoxy groups -OCH3 is 2. The van der Waals surface area contributed by atoms with Gasteiger partial charge in [-0.3, -0.25) is 4.79 Å². The minimum atomic E-state index is -4.03. The molecule has 1 aliphatic rings. The highest BCUT2D eigenvalue weighted by Gasteiger charge is 2.41. The van der Waals surface area contributed by atoms with Gasteiger partial charge in [0.1, 0.15) is 5.92 Å². The normalized spacial score (nSPS) is 19.4. The summed E-state index contributed by atoms with van der Waals surface area (Å²) in [5, 5.41) is 6.35. The van der Waals surface area contributed by atoms with Crippen molar-refractivity contribution in [3.05, 3.63) is 64.2 Å². The van der Waals surface area contributed by atoms with Gasteiger partial charge < -0.3 is 24.8 Å². The van der Waals surface area contributed by atoms with E-state index in [-0.39, 0.29) is 17.2 Å². The molecule has 2 aromatic rings. The highest BCUT2D eigenvalue weighted by Crippen LogP contribution is 2.36. The minimum absolute atomic E-state index is 0.0440. The lowest BCUT2D eigenvalue weighted by molar-refractivity contribution is -0.147. The largest absolute Gasteiger partial charge is 0.493 e. The van der Waals surface area contributed by atoms with Crippen LogP contribution in [0.25, 0.3) is 0 Å². The molecule has 1 aliphatic heterocycles. The van der Waals surface area contributed by atoms with Crippen LogP contribution < -0.4 is 20.1 Å². The number of ether oxygens (including phenoxy) is 3. The third kappa shape index (κ3) is 5.40. The van der Waals surface area contributed by atoms with Crippen molar-refractivity contribution in [2.75, 3.05) is 20.8 Å². The number of urea groups is 1. The highest BCUT2D eigenvalue weighted by molar-refractivity contribution is 7.94. The van der Waals surface area contributed by atoms with Crippen LogP contribution in [0.1, 0.15) is 18.5 Å². The van der Waals surface area contributed by atoms with E-state index in [1.54, 1.807) is 25.1 Å². The number of esters is 1. The Hall–Kier alpha value is -3.24. The predicted octanol–water partition coefficient (Wildman–Crippen LogP) is 3.21. The van der Waals surface area contributed by atoms with Crippen LogP contribution >= 0.6 is 11.6 Å². The lowest BCUT2D eigenvalue weighted by Gasteiger charge is -2.33. The summed E-state index contributed by atoms with van der Waals surface area (Å²) in [5.74, 6) is -1.04. The third-order valence-corrected chi connectivity index (χ3v) is 6.69. The molecule has 1 fully saturated rings. The number of carbonyl (C=O) groups excluding carboxylic acids is 2. The molecule has 3 rings (SSSR count). The van der Waals surface area contributed by atoms with Gasteiger partial charge in [-0.1, -0.05) is 17.7 Å². The molecular weight excluding hydrogens is 472 g/mol. The van der Waals surface area contributed by atoms with Crippen LogP contribution in [0.5, 0.6) is 11.5 Å². The molecule has 0 aliphatic carbocycles. The van der Waals surface area contributed by atoms with Crippen LogP contribution in [0.4, 0.5) is 4.79 Å². The molecule has 33 heavy (non-hydrogen) atoms. The van der Waals surface area contributed by atoms with E-state index in [1.807, 2.05) is 0 Å². The van der Waals surface area contributed by atoms with Gasteiger partial charge in [0, 0.05) is 10.7 Å². The minimum Gasteiger partial charge on any atom is -0.493 e. The average Bonchev–Trinajstić information content (AvgIpc) is 2.78. The van der Waals surface area contributed by atoms with Crippen molar-refractivity contribution in [1.82, 2.24) is 10.6 Å². The Balaban J connectivity index is 2.11. The van der Waals surface area contributed by atoms with Crippen LogP contribution in [-0.2, 0) is 19.4 Å². The topological polar surface area (TPSA) is 120 Å². The van der Waals surface area contributed by atoms with Crippen molar-refractivity contribution >= 4 is 33.4 Å². The smallest absolute Gasteiger partial charge is 0.319 e. The van der Waals surface area contributed by atoms with Gasteiger partial charge in [0.15, 0.2) is 11.5 Å². The molecule has 1 heterocycles. The van der Waals surface area contributed by atoms with Gasteiger partial charge in [-0.25, -0.2) is 13.2 Å². The first-order valence-corrected chi connectivity index (χ1v) is 11.8. The summed E-state index contributed by atoms with van der Waals surface area (Å²) in [6.45, 7) is 1.70. The number of sulfone groups is 1. The van der Waals surface area contributed by atoms with Crippen molar-refractivity contribution in [1.29, 1.82) is 0 Å². The van der Waals surface area contributed by atoms with Crippen LogP contribution in [0.3, 0.4) is 0 Å². The van der Waals surface area contributed by atoms with Crippen molar-refractivity contribution < 1.29 is 32.2 Å². The number of rotatable bonds is 7. The Bertz CT molecular complexity index is 1180. The molecule has 1 saturated heterocycles. The Morgan fingerprint density at radius 1 is 1.09 bits per heavy atom. The zero-order valence-electron chi connectivity index (χ0n) is 18.1.